The van der Waals surface area contributed by atoms with E-state index in [2.05, 4.69) is 0 Å². The summed E-state index contributed by atoms with van der Waals surface area (Å²) in [6.45, 7) is -0.636. The second-order valence-corrected chi connectivity index (χ2v) is 5.52. The molecule has 26 heavy (non-hydrogen) atoms. The fraction of sp³-hybridized carbons (Fsp3) is 0.562. The van der Waals surface area contributed by atoms with Gasteiger partial charge in [-0.1, -0.05) is 0 Å². The maximum absolute atomic E-state index is 12.4. The summed E-state index contributed by atoms with van der Waals surface area (Å²) < 4.78 is 25.7. The lowest BCUT2D eigenvalue weighted by molar-refractivity contribution is -0.285. The van der Waals surface area contributed by atoms with Gasteiger partial charge in [-0.05, 0) is 12.1 Å². The molecule has 0 bridgehead atoms. The smallest absolute Gasteiger partial charge is 0.340 e. The van der Waals surface area contributed by atoms with Gasteiger partial charge in [-0.15, -0.1) is 0 Å². The van der Waals surface area contributed by atoms with E-state index in [0.29, 0.717) is 0 Å². The lowest BCUT2D eigenvalue weighted by Crippen LogP contribution is -2.59. The van der Waals surface area contributed by atoms with Crippen molar-refractivity contribution in [3.05, 3.63) is 17.7 Å². The van der Waals surface area contributed by atoms with E-state index >= 15 is 0 Å². The largest absolute Gasteiger partial charge is 0.493 e. The van der Waals surface area contributed by atoms with Gasteiger partial charge in [-0.2, -0.15) is 0 Å². The minimum Gasteiger partial charge on any atom is -0.493 e. The van der Waals surface area contributed by atoms with Crippen molar-refractivity contribution in [2.45, 2.75) is 30.7 Å². The quantitative estimate of drug-likeness (QED) is 0.442. The van der Waals surface area contributed by atoms with Crippen molar-refractivity contribution < 1.29 is 48.9 Å². The number of aliphatic hydroxyl groups excluding tert-OH is 4. The summed E-state index contributed by atoms with van der Waals surface area (Å²) in [6.07, 6.45) is -7.67. The minimum absolute atomic E-state index is 0.0106. The Morgan fingerprint density at radius 2 is 1.58 bits per heavy atom. The van der Waals surface area contributed by atoms with Crippen LogP contribution in [-0.2, 0) is 9.47 Å². The molecule has 0 radical (unpaired) electrons. The third-order valence-corrected chi connectivity index (χ3v) is 3.97. The Morgan fingerprint density at radius 1 is 1.00 bits per heavy atom. The molecule has 0 unspecified atom stereocenters. The van der Waals surface area contributed by atoms with Gasteiger partial charge in [-0.3, -0.25) is 0 Å². The van der Waals surface area contributed by atoms with Crippen molar-refractivity contribution in [2.24, 2.45) is 0 Å². The molecule has 1 heterocycles. The predicted octanol–water partition coefficient (Wildman–Crippen LogP) is -1.33. The SMILES string of the molecule is COc1cc(C(=O)O[C@H]2O[C@@H](CO)[C@@H](O)[C@@H](O)[C@H]2O)cc(OC)c1OC. The van der Waals surface area contributed by atoms with E-state index in [9.17, 15) is 20.1 Å². The zero-order chi connectivity index (χ0) is 19.4. The molecule has 1 aliphatic rings. The number of hydrogen-bond donors (Lipinski definition) is 4. The van der Waals surface area contributed by atoms with E-state index in [1.54, 1.807) is 0 Å². The first kappa shape index (κ1) is 20.2. The normalized spacial score (nSPS) is 28.3. The summed E-state index contributed by atoms with van der Waals surface area (Å²) in [6, 6.07) is 2.68. The van der Waals surface area contributed by atoms with Crippen molar-refractivity contribution in [1.82, 2.24) is 0 Å². The molecule has 5 atom stereocenters. The summed E-state index contributed by atoms with van der Waals surface area (Å²) in [7, 11) is 4.17. The molecule has 1 aromatic carbocycles. The highest BCUT2D eigenvalue weighted by molar-refractivity contribution is 5.91. The Kier molecular flexibility index (Phi) is 6.62. The highest BCUT2D eigenvalue weighted by Gasteiger charge is 2.45. The van der Waals surface area contributed by atoms with Crippen LogP contribution in [-0.4, -0.2) is 85.0 Å². The second-order valence-electron chi connectivity index (χ2n) is 5.52. The number of hydrogen-bond acceptors (Lipinski definition) is 10. The van der Waals surface area contributed by atoms with Gasteiger partial charge in [0.25, 0.3) is 0 Å². The van der Waals surface area contributed by atoms with Gasteiger partial charge in [0.15, 0.2) is 11.5 Å². The van der Waals surface area contributed by atoms with Crippen LogP contribution in [0.1, 0.15) is 10.4 Å². The zero-order valence-electron chi connectivity index (χ0n) is 14.5. The molecular weight excluding hydrogens is 352 g/mol. The first-order valence-corrected chi connectivity index (χ1v) is 7.69. The van der Waals surface area contributed by atoms with E-state index in [0.717, 1.165) is 0 Å². The van der Waals surface area contributed by atoms with Gasteiger partial charge in [0.05, 0.1) is 33.5 Å². The number of ether oxygens (including phenoxy) is 5. The molecule has 0 amide bonds. The fourth-order valence-corrected chi connectivity index (χ4v) is 2.54. The maximum atomic E-state index is 12.4. The average Bonchev–Trinajstić information content (AvgIpc) is 2.66. The molecule has 1 saturated heterocycles. The molecule has 146 valence electrons. The van der Waals surface area contributed by atoms with Crippen LogP contribution in [0, 0.1) is 0 Å². The van der Waals surface area contributed by atoms with E-state index in [4.69, 9.17) is 28.8 Å². The highest BCUT2D eigenvalue weighted by Crippen LogP contribution is 2.38. The van der Waals surface area contributed by atoms with E-state index in [-0.39, 0.29) is 22.8 Å². The lowest BCUT2D eigenvalue weighted by atomic mass is 9.99. The maximum Gasteiger partial charge on any atom is 0.340 e. The number of methoxy groups -OCH3 is 3. The van der Waals surface area contributed by atoms with Gasteiger partial charge < -0.3 is 44.1 Å². The zero-order valence-corrected chi connectivity index (χ0v) is 14.5. The van der Waals surface area contributed by atoms with Crippen LogP contribution in [0.2, 0.25) is 0 Å². The molecule has 2 rings (SSSR count). The number of carbonyl (C=O) groups excluding carboxylic acids is 1. The number of benzene rings is 1. The van der Waals surface area contributed by atoms with Crippen LogP contribution in [0.5, 0.6) is 17.2 Å². The number of rotatable bonds is 6. The first-order chi connectivity index (χ1) is 12.4. The van der Waals surface area contributed by atoms with Crippen molar-refractivity contribution in [1.29, 1.82) is 0 Å². The van der Waals surface area contributed by atoms with Crippen molar-refractivity contribution >= 4 is 5.97 Å². The van der Waals surface area contributed by atoms with Gasteiger partial charge in [0, 0.05) is 0 Å². The van der Waals surface area contributed by atoms with E-state index in [1.807, 2.05) is 0 Å². The first-order valence-electron chi connectivity index (χ1n) is 7.69. The number of aliphatic hydroxyl groups is 4. The van der Waals surface area contributed by atoms with Gasteiger partial charge in [0.1, 0.15) is 24.4 Å². The summed E-state index contributed by atoms with van der Waals surface area (Å²) in [4.78, 5) is 12.4. The predicted molar refractivity (Wildman–Crippen MR) is 85.3 cm³/mol. The molecule has 1 fully saturated rings. The Hall–Kier alpha value is -2.11. The monoisotopic (exact) mass is 374 g/mol. The average molecular weight is 374 g/mol. The van der Waals surface area contributed by atoms with Crippen LogP contribution in [0.25, 0.3) is 0 Å². The summed E-state index contributed by atoms with van der Waals surface area (Å²) in [5.41, 5.74) is 0.0106. The van der Waals surface area contributed by atoms with E-state index in [1.165, 1.54) is 33.5 Å². The highest BCUT2D eigenvalue weighted by atomic mass is 16.7. The standard InChI is InChI=1S/C16H22O10/c1-22-8-4-7(5-9(23-2)14(8)24-3)15(21)26-16-13(20)12(19)11(18)10(6-17)25-16/h4-5,10-13,16-20H,6H2,1-3H3/t10-,11+,12+,13+,16+/m0/s1. The number of esters is 1. The molecule has 0 spiro atoms. The molecule has 0 aliphatic carbocycles. The molecule has 1 aromatic rings. The van der Waals surface area contributed by atoms with Gasteiger partial charge in [0.2, 0.25) is 12.0 Å². The third-order valence-electron chi connectivity index (χ3n) is 3.97. The van der Waals surface area contributed by atoms with Crippen molar-refractivity contribution in [2.75, 3.05) is 27.9 Å². The molecule has 4 N–H and O–H groups in total. The minimum atomic E-state index is -1.70. The third kappa shape index (κ3) is 3.84. The Balaban J connectivity index is 2.24. The van der Waals surface area contributed by atoms with Gasteiger partial charge >= 0.3 is 5.97 Å². The van der Waals surface area contributed by atoms with Gasteiger partial charge in [-0.25, -0.2) is 4.79 Å². The topological polar surface area (TPSA) is 144 Å². The summed E-state index contributed by atoms with van der Waals surface area (Å²) in [5, 5.41) is 38.6. The van der Waals surface area contributed by atoms with Crippen LogP contribution in [0.15, 0.2) is 12.1 Å². The summed E-state index contributed by atoms with van der Waals surface area (Å²) in [5.74, 6) is -0.201. The number of carbonyl (C=O) groups is 1. The summed E-state index contributed by atoms with van der Waals surface area (Å²) >= 11 is 0. The Morgan fingerprint density at radius 3 is 2.04 bits per heavy atom. The van der Waals surface area contributed by atoms with Crippen LogP contribution >= 0.6 is 0 Å². The Bertz CT molecular complexity index is 606. The van der Waals surface area contributed by atoms with E-state index < -0.39 is 43.3 Å². The lowest BCUT2D eigenvalue weighted by Gasteiger charge is -2.39. The van der Waals surface area contributed by atoms with Crippen LogP contribution in [0.4, 0.5) is 0 Å². The molecule has 0 aromatic heterocycles. The van der Waals surface area contributed by atoms with Crippen molar-refractivity contribution in [3.63, 3.8) is 0 Å². The molecule has 10 heteroatoms. The second kappa shape index (κ2) is 8.52. The molecule has 10 nitrogen and oxygen atoms in total. The molecule has 0 saturated carbocycles. The van der Waals surface area contributed by atoms with Crippen LogP contribution < -0.4 is 14.2 Å². The molecule has 1 aliphatic heterocycles. The van der Waals surface area contributed by atoms with Crippen molar-refractivity contribution in [3.8, 4) is 17.2 Å². The molecular formula is C16H22O10. The fourth-order valence-electron chi connectivity index (χ4n) is 2.54. The Labute approximate surface area is 149 Å². The van der Waals surface area contributed by atoms with Crippen LogP contribution in [0.3, 0.4) is 0 Å².